The van der Waals surface area contributed by atoms with E-state index in [-0.39, 0.29) is 10.8 Å². The summed E-state index contributed by atoms with van der Waals surface area (Å²) >= 11 is 0. The number of aromatic nitrogens is 1. The number of fused-ring (bicyclic) bond motifs is 1. The van der Waals surface area contributed by atoms with Gasteiger partial charge in [0.15, 0.2) is 14.9 Å². The van der Waals surface area contributed by atoms with Crippen LogP contribution in [0.15, 0.2) is 59.6 Å². The van der Waals surface area contributed by atoms with Crippen LogP contribution in [0.4, 0.5) is 8.78 Å². The third-order valence-corrected chi connectivity index (χ3v) is 4.79. The molecule has 1 aromatic heterocycles. The highest BCUT2D eigenvalue weighted by atomic mass is 32.2. The number of nitrogens with zero attached hydrogens (tertiary/aromatic N) is 1. The molecule has 0 fully saturated rings. The Balaban J connectivity index is 1.97. The average Bonchev–Trinajstić information content (AvgIpc) is 2.49. The van der Waals surface area contributed by atoms with Crippen molar-refractivity contribution in [3.8, 4) is 0 Å². The summed E-state index contributed by atoms with van der Waals surface area (Å²) in [6.45, 7) is 0. The lowest BCUT2D eigenvalue weighted by atomic mass is 10.2. The topological polar surface area (TPSA) is 47.0 Å². The van der Waals surface area contributed by atoms with Crippen molar-refractivity contribution >= 4 is 20.7 Å². The van der Waals surface area contributed by atoms with Gasteiger partial charge in [0.1, 0.15) is 11.6 Å². The third kappa shape index (κ3) is 2.96. The van der Waals surface area contributed by atoms with Crippen molar-refractivity contribution in [1.82, 2.24) is 4.98 Å². The number of hydrogen-bond donors (Lipinski definition) is 0. The van der Waals surface area contributed by atoms with E-state index in [1.807, 2.05) is 0 Å². The molecule has 0 aliphatic heterocycles. The Labute approximate surface area is 126 Å². The van der Waals surface area contributed by atoms with Crippen molar-refractivity contribution in [3.63, 3.8) is 0 Å². The molecule has 0 atom stereocenters. The number of hydrogen-bond acceptors (Lipinski definition) is 3. The SMILES string of the molecule is O=S(=O)(Cc1ccc(F)cc1)c1ccc2cc(F)ccc2n1. The van der Waals surface area contributed by atoms with Crippen molar-refractivity contribution in [2.45, 2.75) is 10.8 Å². The average molecular weight is 319 g/mol. The number of halogens is 2. The van der Waals surface area contributed by atoms with E-state index >= 15 is 0 Å². The quantitative estimate of drug-likeness (QED) is 0.742. The molecule has 6 heteroatoms. The zero-order valence-electron chi connectivity index (χ0n) is 11.3. The van der Waals surface area contributed by atoms with Gasteiger partial charge < -0.3 is 0 Å². The van der Waals surface area contributed by atoms with E-state index in [0.29, 0.717) is 16.5 Å². The van der Waals surface area contributed by atoms with E-state index in [9.17, 15) is 17.2 Å². The molecule has 0 spiro atoms. The van der Waals surface area contributed by atoms with Gasteiger partial charge >= 0.3 is 0 Å². The fourth-order valence-corrected chi connectivity index (χ4v) is 3.42. The zero-order valence-corrected chi connectivity index (χ0v) is 12.1. The molecule has 3 rings (SSSR count). The maximum atomic E-state index is 13.1. The third-order valence-electron chi connectivity index (χ3n) is 3.21. The minimum absolute atomic E-state index is 0.0871. The molecule has 2 aromatic carbocycles. The van der Waals surface area contributed by atoms with Gasteiger partial charge in [0, 0.05) is 5.39 Å². The monoisotopic (exact) mass is 319 g/mol. The summed E-state index contributed by atoms with van der Waals surface area (Å²) < 4.78 is 50.7. The summed E-state index contributed by atoms with van der Waals surface area (Å²) in [7, 11) is -3.66. The van der Waals surface area contributed by atoms with Gasteiger partial charge in [0.2, 0.25) is 0 Å². The van der Waals surface area contributed by atoms with Crippen LogP contribution in [0.5, 0.6) is 0 Å². The van der Waals surface area contributed by atoms with Crippen LogP contribution in [0.3, 0.4) is 0 Å². The molecule has 22 heavy (non-hydrogen) atoms. The largest absolute Gasteiger partial charge is 0.236 e. The van der Waals surface area contributed by atoms with Crippen LogP contribution in [0, 0.1) is 11.6 Å². The van der Waals surface area contributed by atoms with E-state index in [2.05, 4.69) is 4.98 Å². The molecule has 0 N–H and O–H groups in total. The molecular weight excluding hydrogens is 308 g/mol. The molecular formula is C16H11F2NO2S. The van der Waals surface area contributed by atoms with Crippen LogP contribution in [-0.2, 0) is 15.6 Å². The van der Waals surface area contributed by atoms with Gasteiger partial charge in [-0.3, -0.25) is 0 Å². The zero-order chi connectivity index (χ0) is 15.7. The lowest BCUT2D eigenvalue weighted by molar-refractivity contribution is 0.591. The molecule has 3 aromatic rings. The standard InChI is InChI=1S/C16H11F2NO2S/c17-13-4-1-11(2-5-13)10-22(20,21)16-8-3-12-9-14(18)6-7-15(12)19-16/h1-9H,10H2. The Kier molecular flexibility index (Phi) is 3.62. The summed E-state index contributed by atoms with van der Waals surface area (Å²) in [6, 6.07) is 12.1. The summed E-state index contributed by atoms with van der Waals surface area (Å²) in [5, 5.41) is 0.441. The highest BCUT2D eigenvalue weighted by molar-refractivity contribution is 7.90. The van der Waals surface area contributed by atoms with Gasteiger partial charge in [0.25, 0.3) is 0 Å². The number of rotatable bonds is 3. The van der Waals surface area contributed by atoms with Gasteiger partial charge in [-0.2, -0.15) is 0 Å². The van der Waals surface area contributed by atoms with Crippen LogP contribution >= 0.6 is 0 Å². The van der Waals surface area contributed by atoms with E-state index < -0.39 is 21.5 Å². The first-order valence-corrected chi connectivity index (χ1v) is 8.13. The normalized spacial score (nSPS) is 11.7. The second-order valence-corrected chi connectivity index (χ2v) is 6.81. The number of benzene rings is 2. The highest BCUT2D eigenvalue weighted by Gasteiger charge is 2.17. The number of sulfone groups is 1. The minimum atomic E-state index is -3.66. The second-order valence-electron chi connectivity index (χ2n) is 4.87. The highest BCUT2D eigenvalue weighted by Crippen LogP contribution is 2.19. The first-order chi connectivity index (χ1) is 10.4. The summed E-state index contributed by atoms with van der Waals surface area (Å²) in [5.74, 6) is -1.10. The number of pyridine rings is 1. The minimum Gasteiger partial charge on any atom is -0.236 e. The molecule has 0 bridgehead atoms. The lowest BCUT2D eigenvalue weighted by Crippen LogP contribution is -2.07. The fraction of sp³-hybridized carbons (Fsp3) is 0.0625. The van der Waals surface area contributed by atoms with Crippen LogP contribution in [0.25, 0.3) is 10.9 Å². The van der Waals surface area contributed by atoms with E-state index in [0.717, 1.165) is 0 Å². The summed E-state index contributed by atoms with van der Waals surface area (Å²) in [4.78, 5) is 4.07. The van der Waals surface area contributed by atoms with E-state index in [1.54, 1.807) is 0 Å². The smallest absolute Gasteiger partial charge is 0.199 e. The second kappa shape index (κ2) is 5.46. The lowest BCUT2D eigenvalue weighted by Gasteiger charge is -2.05. The van der Waals surface area contributed by atoms with Gasteiger partial charge in [-0.25, -0.2) is 22.2 Å². The van der Waals surface area contributed by atoms with Crippen LogP contribution in [0.2, 0.25) is 0 Å². The summed E-state index contributed by atoms with van der Waals surface area (Å²) in [6.07, 6.45) is 0. The van der Waals surface area contributed by atoms with Crippen molar-refractivity contribution in [1.29, 1.82) is 0 Å². The molecule has 0 saturated carbocycles. The molecule has 112 valence electrons. The van der Waals surface area contributed by atoms with Crippen LogP contribution in [0.1, 0.15) is 5.56 Å². The van der Waals surface area contributed by atoms with Gasteiger partial charge in [-0.05, 0) is 48.0 Å². The Hall–Kier alpha value is -2.34. The maximum absolute atomic E-state index is 13.1. The Bertz CT molecular complexity index is 938. The molecule has 0 amide bonds. The predicted octanol–water partition coefficient (Wildman–Crippen LogP) is 3.49. The van der Waals surface area contributed by atoms with Crippen LogP contribution in [-0.4, -0.2) is 13.4 Å². The first kappa shape index (κ1) is 14.6. The van der Waals surface area contributed by atoms with Crippen LogP contribution < -0.4 is 0 Å². The van der Waals surface area contributed by atoms with Crippen molar-refractivity contribution < 1.29 is 17.2 Å². The molecule has 0 radical (unpaired) electrons. The fourth-order valence-electron chi connectivity index (χ4n) is 2.12. The Morgan fingerprint density at radius 2 is 1.55 bits per heavy atom. The first-order valence-electron chi connectivity index (χ1n) is 6.47. The van der Waals surface area contributed by atoms with E-state index in [1.165, 1.54) is 54.6 Å². The Morgan fingerprint density at radius 1 is 0.864 bits per heavy atom. The molecule has 0 aliphatic carbocycles. The van der Waals surface area contributed by atoms with Gasteiger partial charge in [0.05, 0.1) is 11.3 Å². The predicted molar refractivity (Wildman–Crippen MR) is 79.0 cm³/mol. The molecule has 0 unspecified atom stereocenters. The Morgan fingerprint density at radius 3 is 2.27 bits per heavy atom. The summed E-state index contributed by atoms with van der Waals surface area (Å²) in [5.41, 5.74) is 0.879. The van der Waals surface area contributed by atoms with Crippen molar-refractivity contribution in [2.75, 3.05) is 0 Å². The van der Waals surface area contributed by atoms with E-state index in [4.69, 9.17) is 0 Å². The van der Waals surface area contributed by atoms with Gasteiger partial charge in [-0.15, -0.1) is 0 Å². The molecule has 0 saturated heterocycles. The van der Waals surface area contributed by atoms with Gasteiger partial charge in [-0.1, -0.05) is 12.1 Å². The van der Waals surface area contributed by atoms with Crippen molar-refractivity contribution in [2.24, 2.45) is 0 Å². The van der Waals surface area contributed by atoms with Crippen molar-refractivity contribution in [3.05, 3.63) is 71.8 Å². The molecule has 3 nitrogen and oxygen atoms in total. The maximum Gasteiger partial charge on any atom is 0.199 e. The molecule has 0 aliphatic rings. The molecule has 1 heterocycles.